The lowest BCUT2D eigenvalue weighted by atomic mass is 10.3. The lowest BCUT2D eigenvalue weighted by Crippen LogP contribution is -2.12. The smallest absolute Gasteiger partial charge is 0.204 e. The molecule has 2 N–H and O–H groups in total. The molecule has 0 spiro atoms. The Morgan fingerprint density at radius 1 is 1.50 bits per heavy atom. The van der Waals surface area contributed by atoms with Crippen molar-refractivity contribution in [2.45, 2.75) is 19.9 Å². The van der Waals surface area contributed by atoms with Crippen molar-refractivity contribution in [3.63, 3.8) is 0 Å². The van der Waals surface area contributed by atoms with Gasteiger partial charge in [-0.25, -0.2) is 0 Å². The lowest BCUT2D eigenvalue weighted by Gasteiger charge is -2.07. The molecule has 18 heavy (non-hydrogen) atoms. The fourth-order valence-corrected chi connectivity index (χ4v) is 2.16. The predicted octanol–water partition coefficient (Wildman–Crippen LogP) is 1.43. The van der Waals surface area contributed by atoms with Crippen LogP contribution >= 0.6 is 11.6 Å². The van der Waals surface area contributed by atoms with Gasteiger partial charge in [0.25, 0.3) is 0 Å². The molecule has 0 aliphatic carbocycles. The fraction of sp³-hybridized carbons (Fsp3) is 0.333. The van der Waals surface area contributed by atoms with Crippen LogP contribution < -0.4 is 11.2 Å². The zero-order chi connectivity index (χ0) is 13.3. The Kier molecular flexibility index (Phi) is 3.43. The normalized spacial score (nSPS) is 10.8. The van der Waals surface area contributed by atoms with E-state index in [0.29, 0.717) is 11.6 Å². The van der Waals surface area contributed by atoms with Crippen LogP contribution in [-0.2, 0) is 20.0 Å². The van der Waals surface area contributed by atoms with E-state index in [1.165, 1.54) is 6.07 Å². The van der Waals surface area contributed by atoms with Gasteiger partial charge in [-0.05, 0) is 6.42 Å². The van der Waals surface area contributed by atoms with Crippen LogP contribution in [0, 0.1) is 0 Å². The van der Waals surface area contributed by atoms with Crippen molar-refractivity contribution in [3.05, 3.63) is 45.1 Å². The maximum Gasteiger partial charge on any atom is 0.204 e. The molecule has 0 saturated carbocycles. The van der Waals surface area contributed by atoms with Gasteiger partial charge in [0.2, 0.25) is 5.43 Å². The minimum Gasteiger partial charge on any atom is -0.394 e. The van der Waals surface area contributed by atoms with Crippen molar-refractivity contribution >= 4 is 17.3 Å². The summed E-state index contributed by atoms with van der Waals surface area (Å²) in [5, 5.41) is 5.02. The number of aromatic nitrogens is 3. The number of nitrogens with zero attached hydrogens (tertiary/aromatic N) is 3. The lowest BCUT2D eigenvalue weighted by molar-refractivity contribution is 0.659. The van der Waals surface area contributed by atoms with Gasteiger partial charge in [-0.1, -0.05) is 18.5 Å². The van der Waals surface area contributed by atoms with Gasteiger partial charge < -0.3 is 10.3 Å². The Labute approximate surface area is 110 Å². The van der Waals surface area contributed by atoms with E-state index in [2.05, 4.69) is 5.10 Å². The van der Waals surface area contributed by atoms with Crippen LogP contribution in [0.15, 0.2) is 23.3 Å². The highest BCUT2D eigenvalue weighted by Crippen LogP contribution is 2.21. The molecule has 6 heteroatoms. The third-order valence-corrected chi connectivity index (χ3v) is 3.28. The Bertz CT molecular complexity index is 629. The fourth-order valence-electron chi connectivity index (χ4n) is 1.81. The number of hydrogen-bond acceptors (Lipinski definition) is 3. The van der Waals surface area contributed by atoms with Gasteiger partial charge >= 0.3 is 0 Å². The van der Waals surface area contributed by atoms with Crippen LogP contribution in [0.2, 0.25) is 5.02 Å². The predicted molar refractivity (Wildman–Crippen MR) is 71.8 cm³/mol. The molecule has 2 heterocycles. The van der Waals surface area contributed by atoms with Crippen LogP contribution in [0.3, 0.4) is 0 Å². The summed E-state index contributed by atoms with van der Waals surface area (Å²) in [7, 11) is 1.85. The topological polar surface area (TPSA) is 65.8 Å². The van der Waals surface area contributed by atoms with E-state index in [9.17, 15) is 4.79 Å². The molecule has 2 aromatic rings. The summed E-state index contributed by atoms with van der Waals surface area (Å²) in [4.78, 5) is 11.2. The van der Waals surface area contributed by atoms with Crippen LogP contribution in [-0.4, -0.2) is 14.3 Å². The average Bonchev–Trinajstić information content (AvgIpc) is 2.61. The number of hydrogen-bond donors (Lipinski definition) is 1. The number of nitrogen functional groups attached to an aromatic ring is 1. The second-order valence-electron chi connectivity index (χ2n) is 4.12. The third-order valence-electron chi connectivity index (χ3n) is 2.84. The quantitative estimate of drug-likeness (QED) is 0.914. The molecule has 0 radical (unpaired) electrons. The molecule has 0 aliphatic heterocycles. The van der Waals surface area contributed by atoms with E-state index >= 15 is 0 Å². The molecular weight excluding hydrogens is 252 g/mol. The van der Waals surface area contributed by atoms with E-state index in [0.717, 1.165) is 17.8 Å². The maximum atomic E-state index is 11.2. The number of rotatable bonds is 3. The molecule has 0 fully saturated rings. The number of aryl methyl sites for hydroxylation is 2. The molecule has 5 nitrogen and oxygen atoms in total. The summed E-state index contributed by atoms with van der Waals surface area (Å²) in [6.07, 6.45) is 4.09. The molecule has 0 unspecified atom stereocenters. The summed E-state index contributed by atoms with van der Waals surface area (Å²) >= 11 is 6.26. The Balaban J connectivity index is 2.36. The second-order valence-corrected chi connectivity index (χ2v) is 4.50. The van der Waals surface area contributed by atoms with E-state index in [1.54, 1.807) is 17.1 Å². The van der Waals surface area contributed by atoms with Gasteiger partial charge in [0.15, 0.2) is 0 Å². The molecule has 0 atom stereocenters. The summed E-state index contributed by atoms with van der Waals surface area (Å²) in [5.74, 6) is 0. The first-order valence-corrected chi connectivity index (χ1v) is 6.06. The minimum absolute atomic E-state index is 0.170. The molecule has 0 saturated heterocycles. The van der Waals surface area contributed by atoms with Crippen LogP contribution in [0.1, 0.15) is 18.3 Å². The largest absolute Gasteiger partial charge is 0.394 e. The zero-order valence-corrected chi connectivity index (χ0v) is 11.1. The van der Waals surface area contributed by atoms with Gasteiger partial charge in [-0.15, -0.1) is 0 Å². The van der Waals surface area contributed by atoms with Crippen molar-refractivity contribution in [2.24, 2.45) is 7.05 Å². The van der Waals surface area contributed by atoms with Crippen molar-refractivity contribution in [1.82, 2.24) is 14.3 Å². The number of anilines is 1. The average molecular weight is 267 g/mol. The maximum absolute atomic E-state index is 11.2. The summed E-state index contributed by atoms with van der Waals surface area (Å²) in [5.41, 5.74) is 7.43. The van der Waals surface area contributed by atoms with Crippen molar-refractivity contribution < 1.29 is 0 Å². The molecule has 0 aliphatic rings. The van der Waals surface area contributed by atoms with Gasteiger partial charge in [-0.2, -0.15) is 5.10 Å². The molecule has 96 valence electrons. The molecule has 2 aromatic heterocycles. The Morgan fingerprint density at radius 3 is 2.78 bits per heavy atom. The van der Waals surface area contributed by atoms with Gasteiger partial charge in [0.05, 0.1) is 28.6 Å². The highest BCUT2D eigenvalue weighted by atomic mass is 35.5. The highest BCUT2D eigenvalue weighted by molar-refractivity contribution is 6.31. The van der Waals surface area contributed by atoms with Crippen LogP contribution in [0.4, 0.5) is 5.69 Å². The van der Waals surface area contributed by atoms with E-state index in [4.69, 9.17) is 17.3 Å². The van der Waals surface area contributed by atoms with Crippen molar-refractivity contribution in [3.8, 4) is 0 Å². The first kappa shape index (κ1) is 12.7. The molecule has 0 bridgehead atoms. The first-order chi connectivity index (χ1) is 8.52. The highest BCUT2D eigenvalue weighted by Gasteiger charge is 2.12. The number of halogens is 1. The van der Waals surface area contributed by atoms with E-state index in [-0.39, 0.29) is 11.1 Å². The van der Waals surface area contributed by atoms with Gasteiger partial charge in [-0.3, -0.25) is 9.48 Å². The summed E-state index contributed by atoms with van der Waals surface area (Å²) in [6, 6.07) is 1.44. The number of pyridine rings is 1. The molecular formula is C12H15ClN4O. The Hall–Kier alpha value is -1.75. The Morgan fingerprint density at radius 2 is 2.22 bits per heavy atom. The van der Waals surface area contributed by atoms with Crippen LogP contribution in [0.5, 0.6) is 0 Å². The minimum atomic E-state index is -0.170. The summed E-state index contributed by atoms with van der Waals surface area (Å²) in [6.45, 7) is 2.54. The van der Waals surface area contributed by atoms with Gasteiger partial charge in [0.1, 0.15) is 0 Å². The van der Waals surface area contributed by atoms with Crippen molar-refractivity contribution in [1.29, 1.82) is 0 Å². The van der Waals surface area contributed by atoms with Crippen LogP contribution in [0.25, 0.3) is 0 Å². The molecule has 0 amide bonds. The monoisotopic (exact) mass is 266 g/mol. The SMILES string of the molecule is CCc1nn(C)c(Cn2ccc(=O)c(N)c2)c1Cl. The van der Waals surface area contributed by atoms with E-state index in [1.807, 2.05) is 18.5 Å². The number of nitrogens with two attached hydrogens (primary N) is 1. The second kappa shape index (κ2) is 4.86. The van der Waals surface area contributed by atoms with E-state index < -0.39 is 0 Å². The van der Waals surface area contributed by atoms with Crippen molar-refractivity contribution in [2.75, 3.05) is 5.73 Å². The summed E-state index contributed by atoms with van der Waals surface area (Å²) < 4.78 is 3.58. The third kappa shape index (κ3) is 2.26. The first-order valence-electron chi connectivity index (χ1n) is 5.68. The van der Waals surface area contributed by atoms with Gasteiger partial charge in [0, 0.05) is 25.5 Å². The molecule has 2 rings (SSSR count). The standard InChI is InChI=1S/C12H15ClN4O/c1-3-9-12(13)10(16(2)15-9)7-17-5-4-11(18)8(14)6-17/h4-6H,3,7,14H2,1-2H3. The zero-order valence-electron chi connectivity index (χ0n) is 10.4. The molecule has 0 aromatic carbocycles.